The van der Waals surface area contributed by atoms with E-state index in [0.29, 0.717) is 11.7 Å². The van der Waals surface area contributed by atoms with Crippen LogP contribution in [-0.4, -0.2) is 39.4 Å². The first kappa shape index (κ1) is 14.0. The minimum atomic E-state index is -0.170. The van der Waals surface area contributed by atoms with Crippen LogP contribution in [0.5, 0.6) is 0 Å². The summed E-state index contributed by atoms with van der Waals surface area (Å²) < 4.78 is 5.19. The van der Waals surface area contributed by atoms with Crippen LogP contribution in [0.15, 0.2) is 22.9 Å². The predicted molar refractivity (Wildman–Crippen MR) is 79.0 cm³/mol. The fourth-order valence-electron chi connectivity index (χ4n) is 2.49. The molecule has 1 aliphatic heterocycles. The number of piperidine rings is 1. The first-order chi connectivity index (χ1) is 10.3. The Morgan fingerprint density at radius 3 is 2.81 bits per heavy atom. The van der Waals surface area contributed by atoms with Gasteiger partial charge in [0.15, 0.2) is 0 Å². The topological polar surface area (TPSA) is 75.3 Å². The number of anilines is 1. The van der Waals surface area contributed by atoms with Crippen LogP contribution in [0.1, 0.15) is 32.1 Å². The summed E-state index contributed by atoms with van der Waals surface area (Å²) in [6.07, 6.45) is 5.00. The standard InChI is InChI=1S/C15H20N4O2/c1-2-3-14-17-15(18-21-14)11-4-5-13(16-10-11)19-8-6-12(20)7-9-19/h4-5,10,12,20H,2-3,6-9H2,1H3. The maximum absolute atomic E-state index is 9.54. The van der Waals surface area contributed by atoms with Crippen LogP contribution in [0.2, 0.25) is 0 Å². The second-order valence-electron chi connectivity index (χ2n) is 5.39. The molecule has 0 bridgehead atoms. The summed E-state index contributed by atoms with van der Waals surface area (Å²) in [6, 6.07) is 3.94. The molecule has 1 saturated heterocycles. The average Bonchev–Trinajstić information content (AvgIpc) is 2.97. The molecule has 0 saturated carbocycles. The van der Waals surface area contributed by atoms with Gasteiger partial charge < -0.3 is 14.5 Å². The molecule has 0 radical (unpaired) electrons. The molecule has 6 heteroatoms. The van der Waals surface area contributed by atoms with Crippen LogP contribution in [0, 0.1) is 0 Å². The average molecular weight is 288 g/mol. The molecule has 0 unspecified atom stereocenters. The lowest BCUT2D eigenvalue weighted by atomic mass is 10.1. The number of hydrogen-bond donors (Lipinski definition) is 1. The number of aliphatic hydroxyl groups is 1. The third kappa shape index (κ3) is 3.21. The van der Waals surface area contributed by atoms with Crippen molar-refractivity contribution in [1.29, 1.82) is 0 Å². The van der Waals surface area contributed by atoms with E-state index in [1.165, 1.54) is 0 Å². The monoisotopic (exact) mass is 288 g/mol. The Hall–Kier alpha value is -1.95. The summed E-state index contributed by atoms with van der Waals surface area (Å²) in [5, 5.41) is 13.5. The summed E-state index contributed by atoms with van der Waals surface area (Å²) in [7, 11) is 0. The first-order valence-corrected chi connectivity index (χ1v) is 7.48. The molecule has 0 amide bonds. The lowest BCUT2D eigenvalue weighted by Crippen LogP contribution is -2.36. The van der Waals surface area contributed by atoms with E-state index < -0.39 is 0 Å². The normalized spacial score (nSPS) is 16.4. The maximum atomic E-state index is 9.54. The number of rotatable bonds is 4. The quantitative estimate of drug-likeness (QED) is 0.928. The molecule has 0 aromatic carbocycles. The molecule has 3 heterocycles. The van der Waals surface area contributed by atoms with Gasteiger partial charge in [-0.15, -0.1) is 0 Å². The minimum absolute atomic E-state index is 0.170. The SMILES string of the molecule is CCCc1nc(-c2ccc(N3CCC(O)CC3)nc2)no1. The second kappa shape index (κ2) is 6.22. The number of nitrogens with zero attached hydrogens (tertiary/aromatic N) is 4. The highest BCUT2D eigenvalue weighted by atomic mass is 16.5. The summed E-state index contributed by atoms with van der Waals surface area (Å²) in [4.78, 5) is 11.0. The third-order valence-corrected chi connectivity index (χ3v) is 3.73. The molecule has 21 heavy (non-hydrogen) atoms. The Morgan fingerprint density at radius 1 is 1.33 bits per heavy atom. The van der Waals surface area contributed by atoms with Gasteiger partial charge in [-0.25, -0.2) is 4.98 Å². The fraction of sp³-hybridized carbons (Fsp3) is 0.533. The molecule has 1 N–H and O–H groups in total. The molecule has 0 spiro atoms. The summed E-state index contributed by atoms with van der Waals surface area (Å²) >= 11 is 0. The van der Waals surface area contributed by atoms with E-state index in [1.54, 1.807) is 6.20 Å². The van der Waals surface area contributed by atoms with Crippen molar-refractivity contribution in [2.24, 2.45) is 0 Å². The van der Waals surface area contributed by atoms with E-state index >= 15 is 0 Å². The third-order valence-electron chi connectivity index (χ3n) is 3.73. The molecule has 112 valence electrons. The van der Waals surface area contributed by atoms with Crippen LogP contribution >= 0.6 is 0 Å². The van der Waals surface area contributed by atoms with E-state index in [2.05, 4.69) is 26.9 Å². The van der Waals surface area contributed by atoms with E-state index in [0.717, 1.165) is 50.2 Å². The van der Waals surface area contributed by atoms with Crippen molar-refractivity contribution in [3.8, 4) is 11.4 Å². The Morgan fingerprint density at radius 2 is 2.14 bits per heavy atom. The van der Waals surface area contributed by atoms with Crippen LogP contribution in [0.25, 0.3) is 11.4 Å². The Labute approximate surface area is 123 Å². The molecule has 6 nitrogen and oxygen atoms in total. The van der Waals surface area contributed by atoms with Crippen molar-refractivity contribution < 1.29 is 9.63 Å². The zero-order chi connectivity index (χ0) is 14.7. The van der Waals surface area contributed by atoms with Crippen LogP contribution in [0.4, 0.5) is 5.82 Å². The van der Waals surface area contributed by atoms with Crippen molar-refractivity contribution >= 4 is 5.82 Å². The van der Waals surface area contributed by atoms with Crippen LogP contribution < -0.4 is 4.90 Å². The Kier molecular flexibility index (Phi) is 4.15. The number of aryl methyl sites for hydroxylation is 1. The predicted octanol–water partition coefficient (Wildman–Crippen LogP) is 2.05. The molecular weight excluding hydrogens is 268 g/mol. The van der Waals surface area contributed by atoms with E-state index in [4.69, 9.17) is 4.52 Å². The van der Waals surface area contributed by atoms with Crippen molar-refractivity contribution in [2.75, 3.05) is 18.0 Å². The fourth-order valence-corrected chi connectivity index (χ4v) is 2.49. The van der Waals surface area contributed by atoms with Crippen molar-refractivity contribution in [2.45, 2.75) is 38.7 Å². The largest absolute Gasteiger partial charge is 0.393 e. The van der Waals surface area contributed by atoms with Crippen molar-refractivity contribution in [3.63, 3.8) is 0 Å². The molecule has 3 rings (SSSR count). The minimum Gasteiger partial charge on any atom is -0.393 e. The number of hydrogen-bond acceptors (Lipinski definition) is 6. The molecule has 2 aromatic heterocycles. The summed E-state index contributed by atoms with van der Waals surface area (Å²) in [5.41, 5.74) is 0.863. The van der Waals surface area contributed by atoms with Gasteiger partial charge in [0.1, 0.15) is 5.82 Å². The van der Waals surface area contributed by atoms with Gasteiger partial charge in [-0.2, -0.15) is 4.98 Å². The summed E-state index contributed by atoms with van der Waals surface area (Å²) in [6.45, 7) is 3.77. The molecule has 0 atom stereocenters. The maximum Gasteiger partial charge on any atom is 0.226 e. The first-order valence-electron chi connectivity index (χ1n) is 7.48. The van der Waals surface area contributed by atoms with E-state index in [1.807, 2.05) is 12.1 Å². The molecule has 1 fully saturated rings. The van der Waals surface area contributed by atoms with Gasteiger partial charge in [0.2, 0.25) is 11.7 Å². The zero-order valence-electron chi connectivity index (χ0n) is 12.2. The highest BCUT2D eigenvalue weighted by Crippen LogP contribution is 2.21. The number of aliphatic hydroxyl groups excluding tert-OH is 1. The van der Waals surface area contributed by atoms with Gasteiger partial charge >= 0.3 is 0 Å². The Balaban J connectivity index is 1.71. The highest BCUT2D eigenvalue weighted by molar-refractivity contribution is 5.55. The van der Waals surface area contributed by atoms with Gasteiger partial charge in [-0.3, -0.25) is 0 Å². The smallest absolute Gasteiger partial charge is 0.226 e. The lowest BCUT2D eigenvalue weighted by molar-refractivity contribution is 0.145. The van der Waals surface area contributed by atoms with Gasteiger partial charge in [0.25, 0.3) is 0 Å². The highest BCUT2D eigenvalue weighted by Gasteiger charge is 2.18. The molecule has 1 aliphatic rings. The van der Waals surface area contributed by atoms with Crippen molar-refractivity contribution in [3.05, 3.63) is 24.2 Å². The van der Waals surface area contributed by atoms with E-state index in [-0.39, 0.29) is 6.10 Å². The number of pyridine rings is 1. The van der Waals surface area contributed by atoms with Gasteiger partial charge in [0, 0.05) is 31.3 Å². The van der Waals surface area contributed by atoms with E-state index in [9.17, 15) is 5.11 Å². The molecule has 0 aliphatic carbocycles. The molecular formula is C15H20N4O2. The van der Waals surface area contributed by atoms with Gasteiger partial charge in [0.05, 0.1) is 6.10 Å². The van der Waals surface area contributed by atoms with Crippen molar-refractivity contribution in [1.82, 2.24) is 15.1 Å². The summed E-state index contributed by atoms with van der Waals surface area (Å²) in [5.74, 6) is 2.19. The zero-order valence-corrected chi connectivity index (χ0v) is 12.2. The van der Waals surface area contributed by atoms with Gasteiger partial charge in [-0.05, 0) is 31.4 Å². The lowest BCUT2D eigenvalue weighted by Gasteiger charge is -2.30. The van der Waals surface area contributed by atoms with Crippen LogP contribution in [-0.2, 0) is 6.42 Å². The number of aromatic nitrogens is 3. The molecule has 2 aromatic rings. The Bertz CT molecular complexity index is 574. The van der Waals surface area contributed by atoms with Crippen LogP contribution in [0.3, 0.4) is 0 Å². The second-order valence-corrected chi connectivity index (χ2v) is 5.39. The van der Waals surface area contributed by atoms with Gasteiger partial charge in [-0.1, -0.05) is 12.1 Å².